The molecule has 126 valence electrons. The van der Waals surface area contributed by atoms with Crippen LogP contribution < -0.4 is 22.3 Å². The molecule has 0 unspecified atom stereocenters. The largest absolute Gasteiger partial charge is 1.00 e. The molecule has 1 aromatic rings. The van der Waals surface area contributed by atoms with Gasteiger partial charge in [0.15, 0.2) is 0 Å². The third kappa shape index (κ3) is 5.04. The highest BCUT2D eigenvalue weighted by atomic mass is 79.9. The second kappa shape index (κ2) is 9.64. The van der Waals surface area contributed by atoms with Crippen LogP contribution in [0.4, 0.5) is 5.69 Å². The van der Waals surface area contributed by atoms with Gasteiger partial charge in [-0.15, -0.1) is 11.3 Å². The highest BCUT2D eigenvalue weighted by Gasteiger charge is 2.34. The Balaban J connectivity index is 0.00000441. The third-order valence-corrected chi connectivity index (χ3v) is 10.2. The van der Waals surface area contributed by atoms with Crippen LogP contribution in [0.2, 0.25) is 0 Å². The Morgan fingerprint density at radius 3 is 2.23 bits per heavy atom. The molecule has 0 radical (unpaired) electrons. The summed E-state index contributed by atoms with van der Waals surface area (Å²) in [4.78, 5) is 24.6. The molecule has 0 spiro atoms. The zero-order valence-corrected chi connectivity index (χ0v) is 17.2. The number of hydrogen-bond donors (Lipinski definition) is 1. The molecule has 0 bridgehead atoms. The van der Waals surface area contributed by atoms with Crippen LogP contribution in [-0.4, -0.2) is 43.6 Å². The van der Waals surface area contributed by atoms with Crippen LogP contribution in [0.15, 0.2) is 5.38 Å². The number of nitrogens with one attached hydrogen (secondary N) is 1. The van der Waals surface area contributed by atoms with Crippen molar-refractivity contribution in [2.24, 2.45) is 0 Å². The van der Waals surface area contributed by atoms with E-state index in [1.54, 1.807) is 0 Å². The minimum atomic E-state index is -1.20. The molecule has 1 rings (SSSR count). The monoisotopic (exact) mass is 409 g/mol. The summed E-state index contributed by atoms with van der Waals surface area (Å²) in [5.41, 5.74) is 1.51. The van der Waals surface area contributed by atoms with Gasteiger partial charge in [-0.3, -0.25) is 4.79 Å². The normalized spacial score (nSPS) is 10.8. The van der Waals surface area contributed by atoms with Crippen molar-refractivity contribution in [1.82, 2.24) is 0 Å². The van der Waals surface area contributed by atoms with Gasteiger partial charge in [-0.05, 0) is 38.6 Å². The molecule has 4 nitrogen and oxygen atoms in total. The first kappa shape index (κ1) is 21.6. The fraction of sp³-hybridized carbons (Fsp3) is 0.600. The van der Waals surface area contributed by atoms with Crippen LogP contribution >= 0.6 is 18.6 Å². The zero-order valence-electron chi connectivity index (χ0n) is 13.9. The average Bonchev–Trinajstić information content (AvgIpc) is 2.85. The second-order valence-electron chi connectivity index (χ2n) is 5.11. The number of aryl methyl sites for hydroxylation is 1. The van der Waals surface area contributed by atoms with Gasteiger partial charge in [-0.25, -0.2) is 4.79 Å². The number of amides is 1. The maximum absolute atomic E-state index is 12.4. The molecule has 1 amide bonds. The van der Waals surface area contributed by atoms with E-state index in [-0.39, 0.29) is 22.9 Å². The molecule has 0 aliphatic heterocycles. The molecule has 0 fully saturated rings. The van der Waals surface area contributed by atoms with Crippen molar-refractivity contribution in [3.63, 3.8) is 0 Å². The van der Waals surface area contributed by atoms with Crippen molar-refractivity contribution in [3.05, 3.63) is 15.8 Å². The van der Waals surface area contributed by atoms with Crippen LogP contribution in [0.3, 0.4) is 0 Å². The van der Waals surface area contributed by atoms with Crippen LogP contribution in [0.5, 0.6) is 0 Å². The van der Waals surface area contributed by atoms with E-state index in [9.17, 15) is 9.59 Å². The van der Waals surface area contributed by atoms with Gasteiger partial charge in [-0.2, -0.15) is 0 Å². The summed E-state index contributed by atoms with van der Waals surface area (Å²) in [5.74, 6) is -0.383. The predicted octanol–water partition coefficient (Wildman–Crippen LogP) is 0.863. The number of anilines is 1. The number of ether oxygens (including phenoxy) is 1. The Morgan fingerprint density at radius 2 is 1.77 bits per heavy atom. The predicted molar refractivity (Wildman–Crippen MR) is 92.4 cm³/mol. The van der Waals surface area contributed by atoms with Gasteiger partial charge in [0.1, 0.15) is 11.0 Å². The minimum Gasteiger partial charge on any atom is -1.00 e. The lowest BCUT2D eigenvalue weighted by atomic mass is 10.2. The lowest BCUT2D eigenvalue weighted by molar-refractivity contribution is -0.113. The number of rotatable bonds is 7. The van der Waals surface area contributed by atoms with Crippen molar-refractivity contribution < 1.29 is 31.3 Å². The molecule has 0 saturated carbocycles. The Labute approximate surface area is 148 Å². The molecule has 0 aromatic carbocycles. The topological polar surface area (TPSA) is 55.4 Å². The number of hydrogen-bond acceptors (Lipinski definition) is 4. The first-order valence-corrected chi connectivity index (χ1v) is 10.6. The van der Waals surface area contributed by atoms with Crippen molar-refractivity contribution in [2.45, 2.75) is 27.7 Å². The highest BCUT2D eigenvalue weighted by Crippen LogP contribution is 2.57. The smallest absolute Gasteiger partial charge is 0.350 e. The Kier molecular flexibility index (Phi) is 9.44. The lowest BCUT2D eigenvalue weighted by Crippen LogP contribution is -3.00. The summed E-state index contributed by atoms with van der Waals surface area (Å²) in [6.07, 6.45) is 3.84. The number of esters is 1. The van der Waals surface area contributed by atoms with E-state index in [2.05, 4.69) is 26.1 Å². The molecular formula is C15H25BrNO3PS. The molecule has 0 aliphatic rings. The van der Waals surface area contributed by atoms with Gasteiger partial charge in [0.25, 0.3) is 5.91 Å². The van der Waals surface area contributed by atoms with Crippen molar-refractivity contribution in [3.8, 4) is 0 Å². The fourth-order valence-electron chi connectivity index (χ4n) is 2.33. The van der Waals surface area contributed by atoms with Crippen molar-refractivity contribution in [2.75, 3.05) is 37.1 Å². The van der Waals surface area contributed by atoms with E-state index >= 15 is 0 Å². The SMILES string of the molecule is CC[P+](CC)(CC)CC(=O)Nc1c(C)csc1C(=O)OC.[Br-]. The summed E-state index contributed by atoms with van der Waals surface area (Å²) in [6, 6.07) is 0. The van der Waals surface area contributed by atoms with Crippen LogP contribution in [0, 0.1) is 6.92 Å². The maximum atomic E-state index is 12.4. The molecular weight excluding hydrogens is 385 g/mol. The Bertz CT molecular complexity index is 507. The van der Waals surface area contributed by atoms with Gasteiger partial charge in [0.2, 0.25) is 0 Å². The third-order valence-electron chi connectivity index (χ3n) is 4.10. The number of carbonyl (C=O) groups is 2. The van der Waals surface area contributed by atoms with Crippen molar-refractivity contribution in [1.29, 1.82) is 0 Å². The standard InChI is InChI=1S/C15H24NO3PS.BrH/c1-6-20(7-2,8-3)9-12(17)16-13-11(4)10-21-14(13)15(18)19-5;/h10H,6-9H2,1-5H3;1H. The van der Waals surface area contributed by atoms with Gasteiger partial charge in [0, 0.05) is 7.26 Å². The second-order valence-corrected chi connectivity index (χ2v) is 10.9. The summed E-state index contributed by atoms with van der Waals surface area (Å²) in [5, 5.41) is 4.80. The molecule has 0 atom stereocenters. The molecule has 1 heterocycles. The number of carbonyl (C=O) groups excluding carboxylic acids is 2. The van der Waals surface area contributed by atoms with Gasteiger partial charge in [0.05, 0.1) is 31.3 Å². The summed E-state index contributed by atoms with van der Waals surface area (Å²) in [6.45, 7) is 8.40. The molecule has 22 heavy (non-hydrogen) atoms. The van der Waals surface area contributed by atoms with Gasteiger partial charge < -0.3 is 27.0 Å². The van der Waals surface area contributed by atoms with E-state index in [1.165, 1.54) is 18.4 Å². The lowest BCUT2D eigenvalue weighted by Gasteiger charge is -2.22. The van der Waals surface area contributed by atoms with E-state index in [4.69, 9.17) is 4.74 Å². The quantitative estimate of drug-likeness (QED) is 0.536. The van der Waals surface area contributed by atoms with Gasteiger partial charge in [-0.1, -0.05) is 0 Å². The van der Waals surface area contributed by atoms with E-state index in [0.717, 1.165) is 24.0 Å². The molecule has 7 heteroatoms. The summed E-state index contributed by atoms with van der Waals surface area (Å²) < 4.78 is 4.76. The Morgan fingerprint density at radius 1 is 1.23 bits per heavy atom. The fourth-order valence-corrected chi connectivity index (χ4v) is 5.95. The number of methoxy groups -OCH3 is 1. The van der Waals surface area contributed by atoms with E-state index in [1.807, 2.05) is 12.3 Å². The molecule has 0 aliphatic carbocycles. The number of thiophene rings is 1. The first-order valence-electron chi connectivity index (χ1n) is 7.24. The minimum absolute atomic E-state index is 0. The van der Waals surface area contributed by atoms with Gasteiger partial charge >= 0.3 is 5.97 Å². The summed E-state index contributed by atoms with van der Waals surface area (Å²) in [7, 11) is 0.153. The van der Waals surface area contributed by atoms with Crippen molar-refractivity contribution >= 4 is 36.2 Å². The van der Waals surface area contributed by atoms with Crippen LogP contribution in [-0.2, 0) is 9.53 Å². The Hall–Kier alpha value is -0.450. The van der Waals surface area contributed by atoms with E-state index < -0.39 is 13.2 Å². The molecule has 0 saturated heterocycles. The van der Waals surface area contributed by atoms with Crippen LogP contribution in [0.1, 0.15) is 36.0 Å². The van der Waals surface area contributed by atoms with E-state index in [0.29, 0.717) is 16.7 Å². The first-order chi connectivity index (χ1) is 9.92. The molecule has 1 aromatic heterocycles. The number of halogens is 1. The highest BCUT2D eigenvalue weighted by molar-refractivity contribution is 7.76. The average molecular weight is 410 g/mol. The van der Waals surface area contributed by atoms with Crippen LogP contribution in [0.25, 0.3) is 0 Å². The zero-order chi connectivity index (χ0) is 16.0. The summed E-state index contributed by atoms with van der Waals surface area (Å²) >= 11 is 1.31. The molecule has 1 N–H and O–H groups in total. The maximum Gasteiger partial charge on any atom is 0.350 e.